The maximum atomic E-state index is 12.1. The van der Waals surface area contributed by atoms with Crippen LogP contribution in [0.2, 0.25) is 5.02 Å². The summed E-state index contributed by atoms with van der Waals surface area (Å²) in [5.41, 5.74) is 2.08. The van der Waals surface area contributed by atoms with Crippen molar-refractivity contribution >= 4 is 17.4 Å². The number of pyridine rings is 2. The van der Waals surface area contributed by atoms with Gasteiger partial charge in [0.2, 0.25) is 0 Å². The molecule has 6 heteroatoms. The number of aromatic amines is 1. The molecule has 4 rings (SSSR count). The van der Waals surface area contributed by atoms with Crippen LogP contribution in [-0.2, 0) is 6.42 Å². The van der Waals surface area contributed by atoms with Crippen molar-refractivity contribution in [3.63, 3.8) is 0 Å². The fraction of sp³-hybridized carbons (Fsp3) is 0.524. The van der Waals surface area contributed by atoms with Gasteiger partial charge in [0.25, 0.3) is 5.56 Å². The third kappa shape index (κ3) is 4.04. The van der Waals surface area contributed by atoms with Crippen LogP contribution in [0.4, 0.5) is 5.82 Å². The summed E-state index contributed by atoms with van der Waals surface area (Å²) in [5.74, 6) is 1.49. The molecule has 2 aromatic rings. The minimum atomic E-state index is 0.0857. The van der Waals surface area contributed by atoms with E-state index in [2.05, 4.69) is 25.8 Å². The van der Waals surface area contributed by atoms with Gasteiger partial charge < -0.3 is 9.88 Å². The Bertz CT molecular complexity index is 827. The third-order valence-electron chi connectivity index (χ3n) is 6.11. The first-order valence-electron chi connectivity index (χ1n) is 9.96. The summed E-state index contributed by atoms with van der Waals surface area (Å²) in [6, 6.07) is 8.64. The molecule has 1 aliphatic heterocycles. The molecule has 0 unspecified atom stereocenters. The van der Waals surface area contributed by atoms with Crippen molar-refractivity contribution in [3.8, 4) is 0 Å². The SMILES string of the molecule is CCc1ccc([C@@H]2CC[C@H](N3CCN(c4ccc(Cl)cn4)CC3)C2)[nH]c1=O. The van der Waals surface area contributed by atoms with Crippen LogP contribution in [0.1, 0.15) is 43.4 Å². The van der Waals surface area contributed by atoms with Gasteiger partial charge in [-0.05, 0) is 43.9 Å². The summed E-state index contributed by atoms with van der Waals surface area (Å²) in [5, 5.41) is 0.680. The molecular weight excluding hydrogens is 360 g/mol. The normalized spacial score (nSPS) is 23.7. The predicted molar refractivity (Wildman–Crippen MR) is 110 cm³/mol. The second-order valence-electron chi connectivity index (χ2n) is 7.64. The van der Waals surface area contributed by atoms with E-state index < -0.39 is 0 Å². The van der Waals surface area contributed by atoms with Crippen LogP contribution < -0.4 is 10.5 Å². The quantitative estimate of drug-likeness (QED) is 0.874. The number of rotatable bonds is 4. The van der Waals surface area contributed by atoms with Gasteiger partial charge >= 0.3 is 0 Å². The number of halogens is 1. The van der Waals surface area contributed by atoms with Crippen molar-refractivity contribution in [3.05, 3.63) is 57.1 Å². The van der Waals surface area contributed by atoms with Crippen LogP contribution in [0.25, 0.3) is 0 Å². The van der Waals surface area contributed by atoms with Crippen molar-refractivity contribution in [1.82, 2.24) is 14.9 Å². The Hall–Kier alpha value is -1.85. The van der Waals surface area contributed by atoms with E-state index in [0.717, 1.165) is 62.5 Å². The first-order chi connectivity index (χ1) is 13.1. The van der Waals surface area contributed by atoms with Crippen LogP contribution in [0.5, 0.6) is 0 Å². The molecule has 0 radical (unpaired) electrons. The second kappa shape index (κ2) is 8.03. The van der Waals surface area contributed by atoms with E-state index in [1.54, 1.807) is 6.20 Å². The van der Waals surface area contributed by atoms with Crippen LogP contribution in [0.3, 0.4) is 0 Å². The lowest BCUT2D eigenvalue weighted by Gasteiger charge is -2.38. The summed E-state index contributed by atoms with van der Waals surface area (Å²) in [6.07, 6.45) is 6.01. The van der Waals surface area contributed by atoms with Crippen LogP contribution >= 0.6 is 11.6 Å². The molecule has 0 aromatic carbocycles. The molecule has 2 aromatic heterocycles. The van der Waals surface area contributed by atoms with Gasteiger partial charge in [-0.1, -0.05) is 24.6 Å². The summed E-state index contributed by atoms with van der Waals surface area (Å²) >= 11 is 5.94. The highest BCUT2D eigenvalue weighted by atomic mass is 35.5. The van der Waals surface area contributed by atoms with E-state index in [-0.39, 0.29) is 5.56 Å². The molecule has 144 valence electrons. The lowest BCUT2D eigenvalue weighted by molar-refractivity contribution is 0.186. The minimum absolute atomic E-state index is 0.0857. The first-order valence-corrected chi connectivity index (χ1v) is 10.3. The Morgan fingerprint density at radius 1 is 1.15 bits per heavy atom. The number of piperazine rings is 1. The Kier molecular flexibility index (Phi) is 5.50. The topological polar surface area (TPSA) is 52.2 Å². The highest BCUT2D eigenvalue weighted by Crippen LogP contribution is 2.36. The van der Waals surface area contributed by atoms with Gasteiger partial charge in [0.1, 0.15) is 5.82 Å². The number of hydrogen-bond acceptors (Lipinski definition) is 4. The number of aromatic nitrogens is 2. The summed E-state index contributed by atoms with van der Waals surface area (Å²) in [7, 11) is 0. The van der Waals surface area contributed by atoms with Gasteiger partial charge in [0.05, 0.1) is 5.02 Å². The van der Waals surface area contributed by atoms with E-state index in [0.29, 0.717) is 17.0 Å². The van der Waals surface area contributed by atoms with Crippen molar-refractivity contribution in [2.24, 2.45) is 0 Å². The van der Waals surface area contributed by atoms with Crippen molar-refractivity contribution in [1.29, 1.82) is 0 Å². The molecular formula is C21H27ClN4O. The molecule has 27 heavy (non-hydrogen) atoms. The average Bonchev–Trinajstić information content (AvgIpc) is 3.19. The van der Waals surface area contributed by atoms with Gasteiger partial charge in [-0.3, -0.25) is 9.69 Å². The van der Waals surface area contributed by atoms with Crippen molar-refractivity contribution in [2.45, 2.75) is 44.6 Å². The lowest BCUT2D eigenvalue weighted by atomic mass is 10.0. The van der Waals surface area contributed by atoms with Crippen LogP contribution in [0, 0.1) is 0 Å². The molecule has 2 atom stereocenters. The Labute approximate surface area is 165 Å². The molecule has 1 saturated heterocycles. The Morgan fingerprint density at radius 2 is 1.96 bits per heavy atom. The molecule has 1 N–H and O–H groups in total. The minimum Gasteiger partial charge on any atom is -0.354 e. The first kappa shape index (κ1) is 18.5. The molecule has 1 saturated carbocycles. The zero-order chi connectivity index (χ0) is 18.8. The average molecular weight is 387 g/mol. The molecule has 1 aliphatic carbocycles. The predicted octanol–water partition coefficient (Wildman–Crippen LogP) is 3.44. The lowest BCUT2D eigenvalue weighted by Crippen LogP contribution is -2.50. The number of nitrogens with one attached hydrogen (secondary N) is 1. The molecule has 0 bridgehead atoms. The summed E-state index contributed by atoms with van der Waals surface area (Å²) in [6.45, 7) is 6.14. The highest BCUT2D eigenvalue weighted by molar-refractivity contribution is 6.30. The van der Waals surface area contributed by atoms with Crippen LogP contribution in [-0.4, -0.2) is 47.1 Å². The zero-order valence-corrected chi connectivity index (χ0v) is 16.6. The van der Waals surface area contributed by atoms with Crippen LogP contribution in [0.15, 0.2) is 35.3 Å². The fourth-order valence-corrected chi connectivity index (χ4v) is 4.59. The largest absolute Gasteiger partial charge is 0.354 e. The fourth-order valence-electron chi connectivity index (χ4n) is 4.48. The van der Waals surface area contributed by atoms with E-state index in [1.165, 1.54) is 6.42 Å². The maximum Gasteiger partial charge on any atom is 0.251 e. The van der Waals surface area contributed by atoms with E-state index in [4.69, 9.17) is 11.6 Å². The third-order valence-corrected chi connectivity index (χ3v) is 6.33. The standard InChI is InChI=1S/C21H27ClN4O/c1-2-15-4-7-19(24-21(15)27)16-3-6-18(13-16)25-9-11-26(12-10-25)20-8-5-17(22)14-23-20/h4-5,7-8,14,16,18H,2-3,6,9-13H2,1H3,(H,24,27)/t16-,18+/m1/s1. The number of nitrogens with zero attached hydrogens (tertiary/aromatic N) is 3. The van der Waals surface area contributed by atoms with E-state index in [1.807, 2.05) is 25.1 Å². The monoisotopic (exact) mass is 386 g/mol. The second-order valence-corrected chi connectivity index (χ2v) is 8.08. The smallest absolute Gasteiger partial charge is 0.251 e. The van der Waals surface area contributed by atoms with Gasteiger partial charge in [-0.25, -0.2) is 4.98 Å². The summed E-state index contributed by atoms with van der Waals surface area (Å²) in [4.78, 5) is 24.6. The Morgan fingerprint density at radius 3 is 2.63 bits per heavy atom. The molecule has 3 heterocycles. The number of aryl methyl sites for hydroxylation is 1. The number of anilines is 1. The van der Waals surface area contributed by atoms with Crippen molar-refractivity contribution in [2.75, 3.05) is 31.1 Å². The maximum absolute atomic E-state index is 12.1. The van der Waals surface area contributed by atoms with Gasteiger partial charge in [0, 0.05) is 55.6 Å². The van der Waals surface area contributed by atoms with Gasteiger partial charge in [0.15, 0.2) is 0 Å². The van der Waals surface area contributed by atoms with E-state index in [9.17, 15) is 4.79 Å². The van der Waals surface area contributed by atoms with Crippen molar-refractivity contribution < 1.29 is 0 Å². The number of H-pyrrole nitrogens is 1. The van der Waals surface area contributed by atoms with E-state index >= 15 is 0 Å². The molecule has 5 nitrogen and oxygen atoms in total. The molecule has 2 aliphatic rings. The molecule has 2 fully saturated rings. The summed E-state index contributed by atoms with van der Waals surface area (Å²) < 4.78 is 0. The number of hydrogen-bond donors (Lipinski definition) is 1. The molecule has 0 spiro atoms. The Balaban J connectivity index is 1.34. The van der Waals surface area contributed by atoms with Gasteiger partial charge in [-0.2, -0.15) is 0 Å². The molecule has 0 amide bonds. The van der Waals surface area contributed by atoms with Gasteiger partial charge in [-0.15, -0.1) is 0 Å². The zero-order valence-electron chi connectivity index (χ0n) is 15.8. The highest BCUT2D eigenvalue weighted by Gasteiger charge is 2.32.